The van der Waals surface area contributed by atoms with Gasteiger partial charge >= 0.3 is 6.18 Å². The van der Waals surface area contributed by atoms with Crippen LogP contribution in [0.4, 0.5) is 13.2 Å². The summed E-state index contributed by atoms with van der Waals surface area (Å²) in [7, 11) is 1.83. The van der Waals surface area contributed by atoms with Gasteiger partial charge in [0.05, 0.1) is 12.3 Å². The van der Waals surface area contributed by atoms with Crippen LogP contribution < -0.4 is 5.32 Å². The minimum Gasteiger partial charge on any atom is -0.371 e. The summed E-state index contributed by atoms with van der Waals surface area (Å²) in [4.78, 5) is 4.33. The lowest BCUT2D eigenvalue weighted by atomic mass is 10.2. The van der Waals surface area contributed by atoms with Crippen LogP contribution >= 0.6 is 0 Å². The van der Waals surface area contributed by atoms with E-state index in [0.29, 0.717) is 13.1 Å². The Bertz CT molecular complexity index is 609. The molecule has 0 saturated carbocycles. The van der Waals surface area contributed by atoms with Crippen molar-refractivity contribution in [1.82, 2.24) is 20.1 Å². The molecule has 2 heterocycles. The van der Waals surface area contributed by atoms with E-state index < -0.39 is 12.8 Å². The summed E-state index contributed by atoms with van der Waals surface area (Å²) >= 11 is 0. The quantitative estimate of drug-likeness (QED) is 0.829. The molecule has 2 rings (SSSR count). The van der Waals surface area contributed by atoms with Crippen molar-refractivity contribution in [2.75, 3.05) is 19.8 Å². The molecule has 0 radical (unpaired) electrons. The van der Waals surface area contributed by atoms with E-state index in [1.807, 2.05) is 20.0 Å². The first kappa shape index (κ1) is 15.7. The second-order valence-corrected chi connectivity index (χ2v) is 4.77. The Morgan fingerprint density at radius 2 is 2.14 bits per heavy atom. The number of ether oxygens (including phenoxy) is 1. The van der Waals surface area contributed by atoms with E-state index in [2.05, 4.69) is 20.1 Å². The van der Waals surface area contributed by atoms with Crippen molar-refractivity contribution in [2.45, 2.75) is 19.6 Å². The standard InChI is InChI=1S/C13H17F3N4O/c1-9-11-5-10(7-18-12(11)20(2)19-9)6-17-3-4-21-8-13(14,15)16/h5,7,17H,3-4,6,8H2,1-2H3. The van der Waals surface area contributed by atoms with Crippen LogP contribution in [-0.4, -0.2) is 40.7 Å². The summed E-state index contributed by atoms with van der Waals surface area (Å²) in [5, 5.41) is 8.28. The van der Waals surface area contributed by atoms with Crippen molar-refractivity contribution in [3.8, 4) is 0 Å². The average Bonchev–Trinajstić information content (AvgIpc) is 2.68. The zero-order valence-electron chi connectivity index (χ0n) is 11.9. The molecule has 0 bridgehead atoms. The molecule has 0 aromatic carbocycles. The van der Waals surface area contributed by atoms with Crippen LogP contribution in [-0.2, 0) is 18.3 Å². The lowest BCUT2D eigenvalue weighted by molar-refractivity contribution is -0.173. The topological polar surface area (TPSA) is 52.0 Å². The molecule has 116 valence electrons. The van der Waals surface area contributed by atoms with Crippen LogP contribution in [0.15, 0.2) is 12.3 Å². The Morgan fingerprint density at radius 3 is 2.86 bits per heavy atom. The van der Waals surface area contributed by atoms with Crippen LogP contribution in [0, 0.1) is 6.92 Å². The number of rotatable bonds is 6. The second-order valence-electron chi connectivity index (χ2n) is 4.77. The predicted molar refractivity (Wildman–Crippen MR) is 71.8 cm³/mol. The largest absolute Gasteiger partial charge is 0.411 e. The Labute approximate surface area is 120 Å². The van der Waals surface area contributed by atoms with E-state index in [1.165, 1.54) is 0 Å². The number of aryl methyl sites for hydroxylation is 2. The zero-order valence-corrected chi connectivity index (χ0v) is 11.9. The summed E-state index contributed by atoms with van der Waals surface area (Å²) in [5.74, 6) is 0. The number of halogens is 3. The third kappa shape index (κ3) is 4.40. The van der Waals surface area contributed by atoms with Crippen LogP contribution in [0.3, 0.4) is 0 Å². The Kier molecular flexibility index (Phi) is 4.79. The van der Waals surface area contributed by atoms with E-state index in [1.54, 1.807) is 10.9 Å². The van der Waals surface area contributed by atoms with Crippen molar-refractivity contribution in [2.24, 2.45) is 7.05 Å². The van der Waals surface area contributed by atoms with Gasteiger partial charge in [0.15, 0.2) is 5.65 Å². The van der Waals surface area contributed by atoms with E-state index >= 15 is 0 Å². The highest BCUT2D eigenvalue weighted by atomic mass is 19.4. The lowest BCUT2D eigenvalue weighted by Gasteiger charge is -2.08. The molecule has 0 aliphatic heterocycles. The molecule has 2 aromatic rings. The van der Waals surface area contributed by atoms with Crippen molar-refractivity contribution >= 4 is 11.0 Å². The van der Waals surface area contributed by atoms with Crippen molar-refractivity contribution < 1.29 is 17.9 Å². The maximum absolute atomic E-state index is 11.9. The molecule has 21 heavy (non-hydrogen) atoms. The van der Waals surface area contributed by atoms with Crippen molar-refractivity contribution in [3.63, 3.8) is 0 Å². The van der Waals surface area contributed by atoms with Crippen molar-refractivity contribution in [1.29, 1.82) is 0 Å². The van der Waals surface area contributed by atoms with Crippen LogP contribution in [0.1, 0.15) is 11.3 Å². The molecular formula is C13H17F3N4O. The number of alkyl halides is 3. The maximum atomic E-state index is 11.9. The number of fused-ring (bicyclic) bond motifs is 1. The van der Waals surface area contributed by atoms with Gasteiger partial charge in [-0.25, -0.2) is 4.98 Å². The molecule has 0 unspecified atom stereocenters. The summed E-state index contributed by atoms with van der Waals surface area (Å²) in [6.45, 7) is 1.58. The van der Waals surface area contributed by atoms with Gasteiger partial charge in [-0.1, -0.05) is 0 Å². The van der Waals surface area contributed by atoms with E-state index in [4.69, 9.17) is 0 Å². The summed E-state index contributed by atoms with van der Waals surface area (Å²) in [6.07, 6.45) is -2.54. The molecule has 0 atom stereocenters. The van der Waals surface area contributed by atoms with E-state index in [9.17, 15) is 13.2 Å². The minimum atomic E-state index is -4.27. The van der Waals surface area contributed by atoms with Gasteiger partial charge < -0.3 is 10.1 Å². The normalized spacial score (nSPS) is 12.2. The number of pyridine rings is 1. The van der Waals surface area contributed by atoms with Crippen LogP contribution in [0.25, 0.3) is 11.0 Å². The Morgan fingerprint density at radius 1 is 1.38 bits per heavy atom. The summed E-state index contributed by atoms with van der Waals surface area (Å²) in [5.41, 5.74) is 2.66. The van der Waals surface area contributed by atoms with Gasteiger partial charge in [0.2, 0.25) is 0 Å². The fraction of sp³-hybridized carbons (Fsp3) is 0.538. The van der Waals surface area contributed by atoms with Crippen molar-refractivity contribution in [3.05, 3.63) is 23.5 Å². The number of hydrogen-bond acceptors (Lipinski definition) is 4. The Balaban J connectivity index is 1.80. The molecule has 0 spiro atoms. The zero-order chi connectivity index (χ0) is 15.5. The maximum Gasteiger partial charge on any atom is 0.411 e. The molecule has 1 N–H and O–H groups in total. The highest BCUT2D eigenvalue weighted by Crippen LogP contribution is 2.16. The molecule has 5 nitrogen and oxygen atoms in total. The van der Waals surface area contributed by atoms with Crippen LogP contribution in [0.2, 0.25) is 0 Å². The number of nitrogens with zero attached hydrogens (tertiary/aromatic N) is 3. The number of nitrogens with one attached hydrogen (secondary N) is 1. The van der Waals surface area contributed by atoms with Gasteiger partial charge in [-0.05, 0) is 18.6 Å². The average molecular weight is 302 g/mol. The van der Waals surface area contributed by atoms with Gasteiger partial charge in [0, 0.05) is 31.7 Å². The lowest BCUT2D eigenvalue weighted by Crippen LogP contribution is -2.23. The first-order chi connectivity index (χ1) is 9.87. The molecule has 8 heteroatoms. The number of hydrogen-bond donors (Lipinski definition) is 1. The third-order valence-corrected chi connectivity index (χ3v) is 2.94. The summed E-state index contributed by atoms with van der Waals surface area (Å²) in [6, 6.07) is 1.98. The smallest absolute Gasteiger partial charge is 0.371 e. The Hall–Kier alpha value is -1.67. The first-order valence-electron chi connectivity index (χ1n) is 6.50. The fourth-order valence-corrected chi connectivity index (χ4v) is 2.01. The molecule has 0 aliphatic rings. The van der Waals surface area contributed by atoms with Crippen LogP contribution in [0.5, 0.6) is 0 Å². The molecule has 0 aliphatic carbocycles. The van der Waals surface area contributed by atoms with Gasteiger partial charge in [0.1, 0.15) is 6.61 Å². The predicted octanol–water partition coefficient (Wildman–Crippen LogP) is 1.95. The third-order valence-electron chi connectivity index (χ3n) is 2.94. The SMILES string of the molecule is Cc1nn(C)c2ncc(CNCCOCC(F)(F)F)cc12. The molecular weight excluding hydrogens is 285 g/mol. The van der Waals surface area contributed by atoms with Gasteiger partial charge in [-0.15, -0.1) is 0 Å². The fourth-order valence-electron chi connectivity index (χ4n) is 2.01. The highest BCUT2D eigenvalue weighted by Gasteiger charge is 2.27. The summed E-state index contributed by atoms with van der Waals surface area (Å²) < 4.78 is 41.8. The van der Waals surface area contributed by atoms with Gasteiger partial charge in [-0.2, -0.15) is 18.3 Å². The molecule has 0 amide bonds. The minimum absolute atomic E-state index is 0.0150. The molecule has 0 saturated heterocycles. The molecule has 2 aromatic heterocycles. The van der Waals surface area contributed by atoms with Gasteiger partial charge in [0.25, 0.3) is 0 Å². The highest BCUT2D eigenvalue weighted by molar-refractivity contribution is 5.78. The van der Waals surface area contributed by atoms with E-state index in [-0.39, 0.29) is 6.61 Å². The van der Waals surface area contributed by atoms with Gasteiger partial charge in [-0.3, -0.25) is 4.68 Å². The van der Waals surface area contributed by atoms with E-state index in [0.717, 1.165) is 22.3 Å². The first-order valence-corrected chi connectivity index (χ1v) is 6.50. The second kappa shape index (κ2) is 6.40. The number of aromatic nitrogens is 3. The monoisotopic (exact) mass is 302 g/mol. The molecule has 0 fully saturated rings.